The van der Waals surface area contributed by atoms with Gasteiger partial charge < -0.3 is 10.6 Å². The van der Waals surface area contributed by atoms with Crippen LogP contribution in [0.3, 0.4) is 0 Å². The molecule has 0 amide bonds. The van der Waals surface area contributed by atoms with Crippen LogP contribution in [0, 0.1) is 0 Å². The van der Waals surface area contributed by atoms with Crippen molar-refractivity contribution in [3.63, 3.8) is 0 Å². The molecule has 1 fully saturated rings. The van der Waals surface area contributed by atoms with E-state index in [-0.39, 0.29) is 11.4 Å². The number of benzene rings is 1. The molecule has 0 atom stereocenters. The second-order valence-electron chi connectivity index (χ2n) is 4.77. The Morgan fingerprint density at radius 3 is 2.76 bits per heavy atom. The van der Waals surface area contributed by atoms with E-state index in [2.05, 4.69) is 20.3 Å². The van der Waals surface area contributed by atoms with Crippen LogP contribution in [0.5, 0.6) is 0 Å². The molecule has 0 radical (unpaired) electrons. The van der Waals surface area contributed by atoms with Gasteiger partial charge in [0, 0.05) is 31.2 Å². The Kier molecular flexibility index (Phi) is 5.44. The van der Waals surface area contributed by atoms with Crippen molar-refractivity contribution in [1.82, 2.24) is 15.4 Å². The lowest BCUT2D eigenvalue weighted by molar-refractivity contribution is 0.580. The second kappa shape index (κ2) is 7.11. The molecule has 1 aliphatic carbocycles. The first-order valence-corrected chi connectivity index (χ1v) is 8.60. The maximum Gasteiger partial charge on any atom is 0.240 e. The van der Waals surface area contributed by atoms with Crippen LogP contribution in [0.1, 0.15) is 12.8 Å². The summed E-state index contributed by atoms with van der Waals surface area (Å²) in [4.78, 5) is 4.23. The van der Waals surface area contributed by atoms with Gasteiger partial charge in [0.25, 0.3) is 0 Å². The average Bonchev–Trinajstić information content (AvgIpc) is 3.26. The van der Waals surface area contributed by atoms with Gasteiger partial charge in [0.05, 0.1) is 4.90 Å². The van der Waals surface area contributed by atoms with Gasteiger partial charge in [-0.1, -0.05) is 17.7 Å². The minimum atomic E-state index is -3.53. The molecule has 0 spiro atoms. The van der Waals surface area contributed by atoms with Gasteiger partial charge in [0.2, 0.25) is 10.0 Å². The van der Waals surface area contributed by atoms with E-state index in [4.69, 9.17) is 11.6 Å². The SMILES string of the molecule is CN=C(NCCNS(=O)(=O)c1cccc(Cl)c1)NC1CC1. The van der Waals surface area contributed by atoms with Crippen LogP contribution in [0.4, 0.5) is 0 Å². The van der Waals surface area contributed by atoms with Crippen LogP contribution in [0.2, 0.25) is 5.02 Å². The summed E-state index contributed by atoms with van der Waals surface area (Å²) in [6, 6.07) is 6.67. The molecule has 3 N–H and O–H groups in total. The summed E-state index contributed by atoms with van der Waals surface area (Å²) in [6.07, 6.45) is 2.31. The van der Waals surface area contributed by atoms with E-state index in [9.17, 15) is 8.42 Å². The molecule has 0 unspecified atom stereocenters. The van der Waals surface area contributed by atoms with Gasteiger partial charge >= 0.3 is 0 Å². The van der Waals surface area contributed by atoms with Crippen LogP contribution >= 0.6 is 11.6 Å². The molecule has 0 saturated heterocycles. The Morgan fingerprint density at radius 2 is 2.14 bits per heavy atom. The minimum Gasteiger partial charge on any atom is -0.355 e. The van der Waals surface area contributed by atoms with Crippen molar-refractivity contribution in [3.8, 4) is 0 Å². The first-order valence-electron chi connectivity index (χ1n) is 6.74. The quantitative estimate of drug-likeness (QED) is 0.412. The minimum absolute atomic E-state index is 0.162. The van der Waals surface area contributed by atoms with Crippen LogP contribution < -0.4 is 15.4 Å². The molecule has 1 saturated carbocycles. The molecule has 116 valence electrons. The zero-order chi connectivity index (χ0) is 15.3. The van der Waals surface area contributed by atoms with Crippen molar-refractivity contribution >= 4 is 27.6 Å². The van der Waals surface area contributed by atoms with Crippen molar-refractivity contribution < 1.29 is 8.42 Å². The summed E-state index contributed by atoms with van der Waals surface area (Å²) in [5.74, 6) is 0.694. The molecular formula is C13H19ClN4O2S. The zero-order valence-electron chi connectivity index (χ0n) is 11.8. The van der Waals surface area contributed by atoms with E-state index in [0.29, 0.717) is 23.6 Å². The number of nitrogens with zero attached hydrogens (tertiary/aromatic N) is 1. The Morgan fingerprint density at radius 1 is 1.38 bits per heavy atom. The number of guanidine groups is 1. The lowest BCUT2D eigenvalue weighted by Gasteiger charge is -2.12. The van der Waals surface area contributed by atoms with Crippen molar-refractivity contribution in [1.29, 1.82) is 0 Å². The number of rotatable bonds is 6. The number of aliphatic imine (C=N–C) groups is 1. The van der Waals surface area contributed by atoms with Crippen molar-refractivity contribution in [2.24, 2.45) is 4.99 Å². The van der Waals surface area contributed by atoms with Gasteiger partial charge in [-0.25, -0.2) is 13.1 Å². The van der Waals surface area contributed by atoms with Gasteiger partial charge in [-0.2, -0.15) is 0 Å². The van der Waals surface area contributed by atoms with Crippen molar-refractivity contribution in [3.05, 3.63) is 29.3 Å². The molecule has 8 heteroatoms. The van der Waals surface area contributed by atoms with E-state index in [1.165, 1.54) is 12.1 Å². The molecule has 0 bridgehead atoms. The standard InChI is InChI=1S/C13H19ClN4O2S/c1-15-13(18-11-5-6-11)16-7-8-17-21(19,20)12-4-2-3-10(14)9-12/h2-4,9,11,17H,5-8H2,1H3,(H2,15,16,18). The van der Waals surface area contributed by atoms with Crippen LogP contribution in [0.15, 0.2) is 34.2 Å². The van der Waals surface area contributed by atoms with Crippen LogP contribution in [0.25, 0.3) is 0 Å². The number of halogens is 1. The number of hydrogen-bond donors (Lipinski definition) is 3. The monoisotopic (exact) mass is 330 g/mol. The molecular weight excluding hydrogens is 312 g/mol. The summed E-state index contributed by atoms with van der Waals surface area (Å²) >= 11 is 5.80. The van der Waals surface area contributed by atoms with Gasteiger partial charge in [0.1, 0.15) is 0 Å². The Bertz CT molecular complexity index is 614. The van der Waals surface area contributed by atoms with E-state index >= 15 is 0 Å². The molecule has 1 aromatic rings. The number of nitrogens with one attached hydrogen (secondary N) is 3. The maximum absolute atomic E-state index is 12.0. The predicted molar refractivity (Wildman–Crippen MR) is 84.2 cm³/mol. The van der Waals surface area contributed by atoms with E-state index in [0.717, 1.165) is 12.8 Å². The smallest absolute Gasteiger partial charge is 0.240 e. The molecule has 6 nitrogen and oxygen atoms in total. The fourth-order valence-electron chi connectivity index (χ4n) is 1.70. The first-order chi connectivity index (χ1) is 10.0. The Labute approximate surface area is 130 Å². The molecule has 0 heterocycles. The summed E-state index contributed by atoms with van der Waals surface area (Å²) < 4.78 is 26.6. The summed E-state index contributed by atoms with van der Waals surface area (Å²) in [5.41, 5.74) is 0. The second-order valence-corrected chi connectivity index (χ2v) is 6.98. The van der Waals surface area contributed by atoms with Gasteiger partial charge in [0.15, 0.2) is 5.96 Å². The Hall–Kier alpha value is -1.31. The van der Waals surface area contributed by atoms with Gasteiger partial charge in [-0.3, -0.25) is 4.99 Å². The normalized spacial score (nSPS) is 15.8. The fourth-order valence-corrected chi connectivity index (χ4v) is 3.03. The highest BCUT2D eigenvalue weighted by Gasteiger charge is 2.22. The third-order valence-electron chi connectivity index (χ3n) is 2.96. The van der Waals surface area contributed by atoms with Gasteiger partial charge in [-0.05, 0) is 31.0 Å². The molecule has 2 rings (SSSR count). The van der Waals surface area contributed by atoms with Crippen LogP contribution in [-0.4, -0.2) is 40.6 Å². The highest BCUT2D eigenvalue weighted by Crippen LogP contribution is 2.18. The number of sulfonamides is 1. The Balaban J connectivity index is 1.79. The predicted octanol–water partition coefficient (Wildman–Crippen LogP) is 0.946. The molecule has 0 aliphatic heterocycles. The van der Waals surface area contributed by atoms with Crippen LogP contribution in [-0.2, 0) is 10.0 Å². The lowest BCUT2D eigenvalue weighted by atomic mass is 10.4. The summed E-state index contributed by atoms with van der Waals surface area (Å²) in [7, 11) is -1.84. The highest BCUT2D eigenvalue weighted by atomic mass is 35.5. The lowest BCUT2D eigenvalue weighted by Crippen LogP contribution is -2.42. The molecule has 0 aromatic heterocycles. The van der Waals surface area contributed by atoms with E-state index in [1.54, 1.807) is 19.2 Å². The zero-order valence-corrected chi connectivity index (χ0v) is 13.3. The third kappa shape index (κ3) is 5.18. The maximum atomic E-state index is 12.0. The first kappa shape index (κ1) is 16.1. The molecule has 1 aliphatic rings. The fraction of sp³-hybridized carbons (Fsp3) is 0.462. The topological polar surface area (TPSA) is 82.6 Å². The third-order valence-corrected chi connectivity index (χ3v) is 4.65. The van der Waals surface area contributed by atoms with Gasteiger partial charge in [-0.15, -0.1) is 0 Å². The van der Waals surface area contributed by atoms with Crippen molar-refractivity contribution in [2.45, 2.75) is 23.8 Å². The largest absolute Gasteiger partial charge is 0.355 e. The number of hydrogen-bond acceptors (Lipinski definition) is 3. The highest BCUT2D eigenvalue weighted by molar-refractivity contribution is 7.89. The summed E-state index contributed by atoms with van der Waals surface area (Å²) in [5, 5.41) is 6.68. The summed E-state index contributed by atoms with van der Waals surface area (Å²) in [6.45, 7) is 0.715. The van der Waals surface area contributed by atoms with E-state index < -0.39 is 10.0 Å². The van der Waals surface area contributed by atoms with E-state index in [1.807, 2.05) is 0 Å². The molecule has 1 aromatic carbocycles. The molecule has 21 heavy (non-hydrogen) atoms. The average molecular weight is 331 g/mol. The van der Waals surface area contributed by atoms with Crippen molar-refractivity contribution in [2.75, 3.05) is 20.1 Å².